The molecule has 0 heterocycles. The molecule has 0 unspecified atom stereocenters. The van der Waals surface area contributed by atoms with Gasteiger partial charge in [0.25, 0.3) is 0 Å². The molecule has 0 fully saturated rings. The van der Waals surface area contributed by atoms with Crippen LogP contribution in [0, 0.1) is 0 Å². The molecule has 0 nitrogen and oxygen atoms in total. The maximum atomic E-state index is 5.68. The summed E-state index contributed by atoms with van der Waals surface area (Å²) in [5, 5.41) is 0. The number of benzene rings is 1. The van der Waals surface area contributed by atoms with Crippen molar-refractivity contribution in [2.45, 2.75) is 6.42 Å². The third-order valence-corrected chi connectivity index (χ3v) is 3.44. The summed E-state index contributed by atoms with van der Waals surface area (Å²) in [5.74, 6) is 0. The molecule has 0 aliphatic rings. The molecule has 0 aromatic heterocycles. The molecule has 0 aliphatic carbocycles. The first-order chi connectivity index (χ1) is 5.29. The Morgan fingerprint density at radius 1 is 1.18 bits per heavy atom. The van der Waals surface area contributed by atoms with Crippen LogP contribution in [0.4, 0.5) is 0 Å². The fraction of sp³-hybridized carbons (Fsp3) is 0.125. The first kappa shape index (κ1) is 9.38. The van der Waals surface area contributed by atoms with Crippen molar-refractivity contribution in [3.8, 4) is 0 Å². The maximum absolute atomic E-state index is 5.68. The van der Waals surface area contributed by atoms with Gasteiger partial charge < -0.3 is 0 Å². The minimum atomic E-state index is -1.56. The molecule has 0 aliphatic heterocycles. The van der Waals surface area contributed by atoms with Gasteiger partial charge in [0, 0.05) is 0 Å². The van der Waals surface area contributed by atoms with E-state index >= 15 is 0 Å². The van der Waals surface area contributed by atoms with Crippen LogP contribution in [0.15, 0.2) is 30.3 Å². The molecule has 1 rings (SSSR count). The van der Waals surface area contributed by atoms with Crippen molar-refractivity contribution in [3.63, 3.8) is 0 Å². The standard InChI is InChI=1S/C8H8.2ClH.Ru/c1-2-8-6-4-3-5-7-8;;;/h1,3-7H,2H2;2*1H;/q;;;+2/p-2. The number of rotatable bonds is 2. The molecule has 0 radical (unpaired) electrons. The average Bonchev–Trinajstić information content (AvgIpc) is 2.03. The van der Waals surface area contributed by atoms with Gasteiger partial charge in [0.1, 0.15) is 0 Å². The van der Waals surface area contributed by atoms with Crippen molar-refractivity contribution in [3.05, 3.63) is 35.9 Å². The number of hydrogen-bond donors (Lipinski definition) is 0. The molecule has 0 atom stereocenters. The zero-order valence-electron chi connectivity index (χ0n) is 5.78. The summed E-state index contributed by atoms with van der Waals surface area (Å²) in [4.78, 5) is 0. The van der Waals surface area contributed by atoms with Gasteiger partial charge in [-0.05, 0) is 0 Å². The van der Waals surface area contributed by atoms with Crippen molar-refractivity contribution >= 4 is 24.0 Å². The summed E-state index contributed by atoms with van der Waals surface area (Å²) in [6.07, 6.45) is 0.896. The zero-order chi connectivity index (χ0) is 8.10. The summed E-state index contributed by atoms with van der Waals surface area (Å²) < 4.78 is 2.00. The van der Waals surface area contributed by atoms with E-state index in [-0.39, 0.29) is 0 Å². The normalized spacial score (nSPS) is 10.9. The molecule has 0 N–H and O–H groups in total. The Kier molecular flexibility index (Phi) is 4.29. The molecule has 1 aromatic carbocycles. The van der Waals surface area contributed by atoms with Crippen molar-refractivity contribution in [2.24, 2.45) is 0 Å². The third kappa shape index (κ3) is 4.01. The first-order valence-corrected chi connectivity index (χ1v) is 8.62. The van der Waals surface area contributed by atoms with E-state index in [4.69, 9.17) is 19.4 Å². The van der Waals surface area contributed by atoms with Gasteiger partial charge in [-0.15, -0.1) is 0 Å². The summed E-state index contributed by atoms with van der Waals surface area (Å²) in [6.45, 7) is 0. The molecule has 3 heteroatoms. The van der Waals surface area contributed by atoms with E-state index in [9.17, 15) is 0 Å². The van der Waals surface area contributed by atoms with Crippen LogP contribution in [0.5, 0.6) is 0 Å². The van der Waals surface area contributed by atoms with Crippen molar-refractivity contribution in [2.75, 3.05) is 0 Å². The Labute approximate surface area is 79.6 Å². The second-order valence-electron chi connectivity index (χ2n) is 2.04. The summed E-state index contributed by atoms with van der Waals surface area (Å²) in [5.41, 5.74) is 1.27. The Morgan fingerprint density at radius 2 is 1.82 bits per heavy atom. The fourth-order valence-corrected chi connectivity index (χ4v) is 2.08. The Morgan fingerprint density at radius 3 is 2.36 bits per heavy atom. The van der Waals surface area contributed by atoms with Gasteiger partial charge in [0.05, 0.1) is 0 Å². The first-order valence-electron chi connectivity index (χ1n) is 3.14. The second-order valence-corrected chi connectivity index (χ2v) is 7.97. The van der Waals surface area contributed by atoms with Crippen LogP contribution in [0.3, 0.4) is 0 Å². The van der Waals surface area contributed by atoms with Crippen LogP contribution in [0.1, 0.15) is 5.56 Å². The monoisotopic (exact) mass is 276 g/mol. The van der Waals surface area contributed by atoms with Gasteiger partial charge in [-0.3, -0.25) is 0 Å². The number of hydrogen-bond acceptors (Lipinski definition) is 0. The van der Waals surface area contributed by atoms with E-state index in [0.29, 0.717) is 0 Å². The topological polar surface area (TPSA) is 0 Å². The van der Waals surface area contributed by atoms with Gasteiger partial charge in [0.15, 0.2) is 0 Å². The van der Waals surface area contributed by atoms with Crippen LogP contribution in [-0.4, -0.2) is 4.61 Å². The molecule has 0 spiro atoms. The van der Waals surface area contributed by atoms with Crippen LogP contribution in [0.25, 0.3) is 0 Å². The quantitative estimate of drug-likeness (QED) is 0.728. The predicted molar refractivity (Wildman–Crippen MR) is 47.9 cm³/mol. The van der Waals surface area contributed by atoms with Crippen LogP contribution in [-0.2, 0) is 19.9 Å². The van der Waals surface area contributed by atoms with E-state index in [1.54, 1.807) is 0 Å². The van der Waals surface area contributed by atoms with E-state index in [2.05, 4.69) is 12.1 Å². The van der Waals surface area contributed by atoms with Gasteiger partial charge >= 0.3 is 79.8 Å². The fourth-order valence-electron chi connectivity index (χ4n) is 0.752. The van der Waals surface area contributed by atoms with Crippen molar-refractivity contribution < 1.29 is 13.5 Å². The number of halogens is 2. The van der Waals surface area contributed by atoms with Gasteiger partial charge in [-0.1, -0.05) is 0 Å². The van der Waals surface area contributed by atoms with E-state index in [0.717, 1.165) is 6.42 Å². The van der Waals surface area contributed by atoms with Crippen LogP contribution >= 0.6 is 19.4 Å². The molecule has 11 heavy (non-hydrogen) atoms. The van der Waals surface area contributed by atoms with E-state index < -0.39 is 13.5 Å². The SMILES string of the molecule is [Cl][Ru]([Cl])=[CH]Cc1ccccc1. The van der Waals surface area contributed by atoms with E-state index in [1.165, 1.54) is 5.56 Å². The third-order valence-electron chi connectivity index (χ3n) is 1.26. The Bertz CT molecular complexity index is 240. The van der Waals surface area contributed by atoms with Crippen LogP contribution < -0.4 is 0 Å². The molecule has 0 amide bonds. The van der Waals surface area contributed by atoms with E-state index in [1.807, 2.05) is 22.8 Å². The van der Waals surface area contributed by atoms with Gasteiger partial charge in [-0.25, -0.2) is 0 Å². The summed E-state index contributed by atoms with van der Waals surface area (Å²) >= 11 is -1.56. The predicted octanol–water partition coefficient (Wildman–Crippen LogP) is 2.96. The second kappa shape index (κ2) is 5.03. The molecular weight excluding hydrogens is 268 g/mol. The summed E-state index contributed by atoms with van der Waals surface area (Å²) in [7, 11) is 11.4. The Hall–Kier alpha value is 0.293. The van der Waals surface area contributed by atoms with Crippen molar-refractivity contribution in [1.82, 2.24) is 0 Å². The average molecular weight is 276 g/mol. The zero-order valence-corrected chi connectivity index (χ0v) is 9.03. The van der Waals surface area contributed by atoms with Crippen molar-refractivity contribution in [1.29, 1.82) is 0 Å². The molecule has 1 aromatic rings. The minimum absolute atomic E-state index is 0.896. The molecule has 62 valence electrons. The molecular formula is C8H8Cl2Ru. The van der Waals surface area contributed by atoms with Gasteiger partial charge in [0.2, 0.25) is 0 Å². The Balaban J connectivity index is 2.59. The molecule has 0 bridgehead atoms. The summed E-state index contributed by atoms with van der Waals surface area (Å²) in [6, 6.07) is 10.2. The molecule has 0 saturated carbocycles. The molecule has 0 saturated heterocycles. The van der Waals surface area contributed by atoms with Crippen LogP contribution in [0.2, 0.25) is 0 Å². The van der Waals surface area contributed by atoms with Gasteiger partial charge in [-0.2, -0.15) is 0 Å².